The summed E-state index contributed by atoms with van der Waals surface area (Å²) in [7, 11) is -1.96. The molecule has 3 fully saturated rings. The number of nitrogens with zero attached hydrogens (tertiary/aromatic N) is 2. The fourth-order valence-corrected chi connectivity index (χ4v) is 9.22. The van der Waals surface area contributed by atoms with Crippen LogP contribution in [0.2, 0.25) is 0 Å². The number of rotatable bonds is 16. The molecule has 12 heteroatoms. The number of primary amides is 1. The summed E-state index contributed by atoms with van der Waals surface area (Å²) in [6, 6.07) is -0.591. The molecule has 11 nitrogen and oxygen atoms in total. The lowest BCUT2D eigenvalue weighted by Gasteiger charge is -2.37. The number of sulfonamides is 1. The molecule has 3 amide bonds. The first-order valence-electron chi connectivity index (χ1n) is 17.2. The summed E-state index contributed by atoms with van der Waals surface area (Å²) in [5.41, 5.74) is 5.72. The van der Waals surface area contributed by atoms with Gasteiger partial charge in [0.1, 0.15) is 0 Å². The van der Waals surface area contributed by atoms with Crippen molar-refractivity contribution in [1.82, 2.24) is 20.1 Å². The van der Waals surface area contributed by atoms with Crippen LogP contribution in [-0.4, -0.2) is 85.2 Å². The lowest BCUT2D eigenvalue weighted by atomic mass is 9.73. The SMILES string of the molecule is CCCN(CCC)C(=O)C1CC(C(N)=O)CC(C(=O)NC(CC2CCCCC2)C(O)CN(C)NS(=O)(=O)C2CCCCC2)C1. The van der Waals surface area contributed by atoms with Gasteiger partial charge in [0.05, 0.1) is 17.4 Å². The lowest BCUT2D eigenvalue weighted by molar-refractivity contribution is -0.141. The van der Waals surface area contributed by atoms with Crippen molar-refractivity contribution in [3.8, 4) is 0 Å². The molecule has 0 radical (unpaired) electrons. The Hall–Kier alpha value is -1.76. The third-order valence-corrected chi connectivity index (χ3v) is 11.9. The molecule has 0 aromatic rings. The second-order valence-corrected chi connectivity index (χ2v) is 15.7. The van der Waals surface area contributed by atoms with Crippen molar-refractivity contribution in [1.29, 1.82) is 0 Å². The molecule has 5 unspecified atom stereocenters. The monoisotopic (exact) mass is 641 g/mol. The zero-order chi connectivity index (χ0) is 32.3. The van der Waals surface area contributed by atoms with E-state index < -0.39 is 51.1 Å². The van der Waals surface area contributed by atoms with E-state index in [1.54, 1.807) is 7.05 Å². The highest BCUT2D eigenvalue weighted by Crippen LogP contribution is 2.35. The maximum Gasteiger partial charge on any atom is 0.227 e. The van der Waals surface area contributed by atoms with Crippen molar-refractivity contribution in [2.45, 2.75) is 134 Å². The number of nitrogens with two attached hydrogens (primary N) is 1. The fraction of sp³-hybridized carbons (Fsp3) is 0.906. The van der Waals surface area contributed by atoms with Crippen LogP contribution in [0.3, 0.4) is 0 Å². The van der Waals surface area contributed by atoms with Gasteiger partial charge in [-0.05, 0) is 57.3 Å². The maximum absolute atomic E-state index is 13.8. The summed E-state index contributed by atoms with van der Waals surface area (Å²) >= 11 is 0. The zero-order valence-electron chi connectivity index (χ0n) is 27.3. The highest BCUT2D eigenvalue weighted by Gasteiger charge is 2.41. The minimum Gasteiger partial charge on any atom is -0.390 e. The summed E-state index contributed by atoms with van der Waals surface area (Å²) in [4.78, 5) is 44.1. The zero-order valence-corrected chi connectivity index (χ0v) is 28.2. The van der Waals surface area contributed by atoms with E-state index in [2.05, 4.69) is 10.1 Å². The number of hydrogen-bond donors (Lipinski definition) is 4. The van der Waals surface area contributed by atoms with E-state index in [4.69, 9.17) is 5.73 Å². The van der Waals surface area contributed by atoms with E-state index in [-0.39, 0.29) is 24.8 Å². The van der Waals surface area contributed by atoms with Crippen LogP contribution in [0.1, 0.15) is 117 Å². The first-order valence-corrected chi connectivity index (χ1v) is 18.8. The number of aliphatic hydroxyl groups excluding tert-OH is 1. The van der Waals surface area contributed by atoms with Crippen LogP contribution in [0.15, 0.2) is 0 Å². The molecule has 5 N–H and O–H groups in total. The Bertz CT molecular complexity index is 1020. The maximum atomic E-state index is 13.8. The Balaban J connectivity index is 1.72. The topological polar surface area (TPSA) is 162 Å². The smallest absolute Gasteiger partial charge is 0.227 e. The quantitative estimate of drug-likeness (QED) is 0.188. The number of hydrogen-bond acceptors (Lipinski definition) is 7. The van der Waals surface area contributed by atoms with Crippen molar-refractivity contribution >= 4 is 27.7 Å². The van der Waals surface area contributed by atoms with Gasteiger partial charge in [0.25, 0.3) is 0 Å². The molecular formula is C32H59N5O6S. The van der Waals surface area contributed by atoms with Crippen LogP contribution in [-0.2, 0) is 24.4 Å². The summed E-state index contributed by atoms with van der Waals surface area (Å²) in [6.07, 6.45) is 11.8. The van der Waals surface area contributed by atoms with Gasteiger partial charge in [-0.15, -0.1) is 4.83 Å². The average molecular weight is 642 g/mol. The molecule has 3 rings (SSSR count). The molecule has 254 valence electrons. The van der Waals surface area contributed by atoms with Gasteiger partial charge in [-0.3, -0.25) is 14.4 Å². The van der Waals surface area contributed by atoms with Crippen molar-refractivity contribution in [3.05, 3.63) is 0 Å². The number of amides is 3. The van der Waals surface area contributed by atoms with Crippen LogP contribution in [0.4, 0.5) is 0 Å². The second-order valence-electron chi connectivity index (χ2n) is 13.7. The molecule has 0 spiro atoms. The summed E-state index contributed by atoms with van der Waals surface area (Å²) in [5, 5.41) is 15.5. The van der Waals surface area contributed by atoms with Gasteiger partial charge in [0.15, 0.2) is 0 Å². The van der Waals surface area contributed by atoms with Crippen molar-refractivity contribution in [2.75, 3.05) is 26.7 Å². The highest BCUT2D eigenvalue weighted by atomic mass is 32.2. The molecule has 0 bridgehead atoms. The van der Waals surface area contributed by atoms with E-state index in [1.807, 2.05) is 18.7 Å². The fourth-order valence-electron chi connectivity index (χ4n) is 7.60. The summed E-state index contributed by atoms with van der Waals surface area (Å²) < 4.78 is 26.0. The van der Waals surface area contributed by atoms with E-state index in [0.29, 0.717) is 51.1 Å². The predicted molar refractivity (Wildman–Crippen MR) is 171 cm³/mol. The van der Waals surface area contributed by atoms with Gasteiger partial charge in [-0.2, -0.15) is 0 Å². The number of carbonyl (C=O) groups is 3. The van der Waals surface area contributed by atoms with Crippen LogP contribution in [0.25, 0.3) is 0 Å². The molecule has 3 aliphatic carbocycles. The molecule has 0 aromatic heterocycles. The Morgan fingerprint density at radius 3 is 1.98 bits per heavy atom. The molecule has 5 atom stereocenters. The summed E-state index contributed by atoms with van der Waals surface area (Å²) in [5.74, 6) is -2.06. The third kappa shape index (κ3) is 10.9. The molecule has 3 aliphatic rings. The minimum atomic E-state index is -3.57. The van der Waals surface area contributed by atoms with Crippen molar-refractivity contribution in [3.63, 3.8) is 0 Å². The molecule has 3 saturated carbocycles. The Labute approximate surface area is 265 Å². The Kier molecular flexibility index (Phi) is 14.9. The highest BCUT2D eigenvalue weighted by molar-refractivity contribution is 7.90. The second kappa shape index (κ2) is 17.8. The molecular weight excluding hydrogens is 582 g/mol. The van der Waals surface area contributed by atoms with E-state index in [9.17, 15) is 27.9 Å². The van der Waals surface area contributed by atoms with Gasteiger partial charge in [-0.1, -0.05) is 65.2 Å². The van der Waals surface area contributed by atoms with Crippen LogP contribution in [0, 0.1) is 23.7 Å². The standard InChI is InChI=1S/C32H59N5O6S/c1-4-16-37(17-5-2)32(41)26-20-24(30(33)39)19-25(21-26)31(40)34-28(18-23-12-8-6-9-13-23)29(38)22-36(3)35-44(42,43)27-14-10-7-11-15-27/h23-29,35,38H,4-22H2,1-3H3,(H2,33,39)(H,34,40). The number of carbonyl (C=O) groups excluding carboxylic acids is 3. The molecule has 0 aromatic carbocycles. The first kappa shape index (κ1) is 36.7. The predicted octanol–water partition coefficient (Wildman–Crippen LogP) is 3.07. The third-order valence-electron chi connectivity index (χ3n) is 9.97. The lowest BCUT2D eigenvalue weighted by Crippen LogP contribution is -2.54. The first-order chi connectivity index (χ1) is 20.9. The number of nitrogens with one attached hydrogen (secondary N) is 2. The Morgan fingerprint density at radius 1 is 0.864 bits per heavy atom. The van der Waals surface area contributed by atoms with Crippen molar-refractivity contribution < 1.29 is 27.9 Å². The molecule has 0 saturated heterocycles. The summed E-state index contributed by atoms with van der Waals surface area (Å²) in [6.45, 7) is 5.33. The largest absolute Gasteiger partial charge is 0.390 e. The van der Waals surface area contributed by atoms with Gasteiger partial charge in [0.2, 0.25) is 27.7 Å². The van der Waals surface area contributed by atoms with Gasteiger partial charge in [-0.25, -0.2) is 13.4 Å². The van der Waals surface area contributed by atoms with Crippen LogP contribution in [0.5, 0.6) is 0 Å². The number of aliphatic hydroxyl groups is 1. The molecule has 0 aliphatic heterocycles. The molecule has 0 heterocycles. The van der Waals surface area contributed by atoms with Crippen molar-refractivity contribution in [2.24, 2.45) is 29.4 Å². The van der Waals surface area contributed by atoms with Crippen LogP contribution >= 0.6 is 0 Å². The number of hydrazine groups is 1. The number of likely N-dealkylation sites (N-methyl/N-ethyl adjacent to an activating group) is 1. The van der Waals surface area contributed by atoms with Gasteiger partial charge < -0.3 is 21.1 Å². The van der Waals surface area contributed by atoms with E-state index >= 15 is 0 Å². The normalized spacial score (nSPS) is 25.3. The van der Waals surface area contributed by atoms with Gasteiger partial charge >= 0.3 is 0 Å². The van der Waals surface area contributed by atoms with Crippen LogP contribution < -0.4 is 15.9 Å². The van der Waals surface area contributed by atoms with Gasteiger partial charge in [0, 0.05) is 44.4 Å². The average Bonchev–Trinajstić information content (AvgIpc) is 3.00. The van der Waals surface area contributed by atoms with E-state index in [0.717, 1.165) is 57.8 Å². The molecule has 44 heavy (non-hydrogen) atoms. The minimum absolute atomic E-state index is 0.0162. The van der Waals surface area contributed by atoms with E-state index in [1.165, 1.54) is 11.4 Å². The Morgan fingerprint density at radius 2 is 1.41 bits per heavy atom.